The number of esters is 1. The minimum Gasteiger partial charge on any atom is -0.458 e. The van der Waals surface area contributed by atoms with E-state index in [-0.39, 0.29) is 12.1 Å². The average molecular weight is 384 g/mol. The number of nitrogens with zero attached hydrogens (tertiary/aromatic N) is 1. The van der Waals surface area contributed by atoms with Crippen LogP contribution in [0.4, 0.5) is 0 Å². The highest BCUT2D eigenvalue weighted by molar-refractivity contribution is 9.10. The van der Waals surface area contributed by atoms with Crippen molar-refractivity contribution >= 4 is 32.8 Å². The highest BCUT2D eigenvalue weighted by Gasteiger charge is 2.27. The van der Waals surface area contributed by atoms with Crippen LogP contribution in [0.2, 0.25) is 0 Å². The van der Waals surface area contributed by atoms with Gasteiger partial charge in [-0.15, -0.1) is 0 Å². The molecule has 3 aromatic rings. The zero-order chi connectivity index (χ0) is 16.7. The molecule has 2 aromatic carbocycles. The predicted molar refractivity (Wildman–Crippen MR) is 98.3 cm³/mol. The highest BCUT2D eigenvalue weighted by Crippen LogP contribution is 2.34. The Kier molecular flexibility index (Phi) is 3.93. The zero-order valence-electron chi connectivity index (χ0n) is 13.5. The number of benzene rings is 2. The molecule has 0 N–H and O–H groups in total. The second-order valence-electron chi connectivity index (χ2n) is 6.28. The van der Waals surface area contributed by atoms with Crippen LogP contribution in [0.5, 0.6) is 0 Å². The number of carbonyl (C=O) groups is 1. The minimum atomic E-state index is -0.231. The molecule has 3 nitrogen and oxygen atoms in total. The van der Waals surface area contributed by atoms with Crippen molar-refractivity contribution in [3.8, 4) is 0 Å². The van der Waals surface area contributed by atoms with Gasteiger partial charge in [-0.05, 0) is 48.7 Å². The van der Waals surface area contributed by atoms with Gasteiger partial charge >= 0.3 is 5.97 Å². The summed E-state index contributed by atoms with van der Waals surface area (Å²) in [5.74, 6) is -0.231. The highest BCUT2D eigenvalue weighted by atomic mass is 79.9. The van der Waals surface area contributed by atoms with Crippen LogP contribution in [0.1, 0.15) is 28.0 Å². The van der Waals surface area contributed by atoms with Crippen molar-refractivity contribution in [1.29, 1.82) is 0 Å². The van der Waals surface area contributed by atoms with Gasteiger partial charge in [0.15, 0.2) is 0 Å². The lowest BCUT2D eigenvalue weighted by atomic mass is 9.93. The van der Waals surface area contributed by atoms with Gasteiger partial charge in [-0.1, -0.05) is 34.1 Å². The number of rotatable bonds is 2. The minimum absolute atomic E-state index is 0.0604. The molecule has 0 amide bonds. The maximum Gasteiger partial charge on any atom is 0.338 e. The molecule has 0 radical (unpaired) electrons. The number of hydrogen-bond donors (Lipinski definition) is 0. The van der Waals surface area contributed by atoms with Crippen LogP contribution in [-0.4, -0.2) is 16.6 Å². The first-order valence-corrected chi connectivity index (χ1v) is 8.94. The third-order valence-corrected chi connectivity index (χ3v) is 5.31. The summed E-state index contributed by atoms with van der Waals surface area (Å²) in [6.45, 7) is 0. The molecular formula is C20H18BrNO2. The molecule has 1 unspecified atom stereocenters. The molecule has 1 heterocycles. The topological polar surface area (TPSA) is 31.2 Å². The van der Waals surface area contributed by atoms with Crippen LogP contribution in [0.3, 0.4) is 0 Å². The van der Waals surface area contributed by atoms with Crippen LogP contribution in [0.15, 0.2) is 53.0 Å². The Morgan fingerprint density at radius 1 is 1.21 bits per heavy atom. The van der Waals surface area contributed by atoms with Gasteiger partial charge in [-0.3, -0.25) is 0 Å². The monoisotopic (exact) mass is 383 g/mol. The lowest BCUT2D eigenvalue weighted by Gasteiger charge is -2.23. The molecule has 0 fully saturated rings. The van der Waals surface area contributed by atoms with Crippen molar-refractivity contribution in [3.05, 3.63) is 69.8 Å². The second kappa shape index (κ2) is 6.10. The van der Waals surface area contributed by atoms with Crippen LogP contribution in [0, 0.1) is 0 Å². The van der Waals surface area contributed by atoms with Crippen molar-refractivity contribution in [2.75, 3.05) is 0 Å². The molecule has 1 aromatic heterocycles. The summed E-state index contributed by atoms with van der Waals surface area (Å²) < 4.78 is 9.11. The van der Waals surface area contributed by atoms with Gasteiger partial charge in [-0.2, -0.15) is 0 Å². The first-order valence-electron chi connectivity index (χ1n) is 8.15. The standard InChI is InChI=1S/C20H18BrNO2/c1-22-18-9-7-14(21)11-16(18)17-12-15(8-10-19(17)22)24-20(23)13-5-3-2-4-6-13/h2-7,9,11,15H,8,10,12H2,1H3. The number of aryl methyl sites for hydroxylation is 1. The van der Waals surface area contributed by atoms with Crippen molar-refractivity contribution in [3.63, 3.8) is 0 Å². The summed E-state index contributed by atoms with van der Waals surface area (Å²) in [4.78, 5) is 12.3. The third-order valence-electron chi connectivity index (χ3n) is 4.82. The fourth-order valence-corrected chi connectivity index (χ4v) is 3.97. The van der Waals surface area contributed by atoms with Crippen LogP contribution in [-0.2, 0) is 24.6 Å². The Balaban J connectivity index is 1.62. The van der Waals surface area contributed by atoms with Gasteiger partial charge in [0.05, 0.1) is 5.56 Å². The Bertz CT molecular complexity index is 914. The molecular weight excluding hydrogens is 366 g/mol. The summed E-state index contributed by atoms with van der Waals surface area (Å²) >= 11 is 3.56. The Morgan fingerprint density at radius 3 is 2.79 bits per heavy atom. The molecule has 1 aliphatic carbocycles. The summed E-state index contributed by atoms with van der Waals surface area (Å²) in [5, 5.41) is 1.25. The third kappa shape index (κ3) is 2.65. The molecule has 4 rings (SSSR count). The summed E-state index contributed by atoms with van der Waals surface area (Å²) in [6, 6.07) is 15.6. The van der Waals surface area contributed by atoms with Crippen LogP contribution in [0.25, 0.3) is 10.9 Å². The van der Waals surface area contributed by atoms with E-state index in [4.69, 9.17) is 4.74 Å². The van der Waals surface area contributed by atoms with E-state index in [0.717, 1.165) is 23.7 Å². The summed E-state index contributed by atoms with van der Waals surface area (Å²) in [7, 11) is 2.12. The SMILES string of the molecule is Cn1c2c(c3cc(Br)ccc31)CC(OC(=O)c1ccccc1)CC2. The quantitative estimate of drug-likeness (QED) is 0.602. The molecule has 0 spiro atoms. The smallest absolute Gasteiger partial charge is 0.338 e. The van der Waals surface area contributed by atoms with E-state index in [9.17, 15) is 4.79 Å². The van der Waals surface area contributed by atoms with Gasteiger partial charge < -0.3 is 9.30 Å². The summed E-state index contributed by atoms with van der Waals surface area (Å²) in [5.41, 5.74) is 4.52. The van der Waals surface area contributed by atoms with Gasteiger partial charge in [0.1, 0.15) is 6.10 Å². The van der Waals surface area contributed by atoms with Gasteiger partial charge in [-0.25, -0.2) is 4.79 Å². The van der Waals surface area contributed by atoms with Gasteiger partial charge in [0.25, 0.3) is 0 Å². The Labute approximate surface area is 149 Å². The lowest BCUT2D eigenvalue weighted by molar-refractivity contribution is 0.0270. The van der Waals surface area contributed by atoms with Crippen molar-refractivity contribution in [1.82, 2.24) is 4.57 Å². The van der Waals surface area contributed by atoms with Crippen LogP contribution >= 0.6 is 15.9 Å². The Morgan fingerprint density at radius 2 is 2.00 bits per heavy atom. The van der Waals surface area contributed by atoms with E-state index in [1.54, 1.807) is 12.1 Å². The molecule has 0 saturated carbocycles. The molecule has 0 aliphatic heterocycles. The maximum absolute atomic E-state index is 12.3. The summed E-state index contributed by atoms with van der Waals surface area (Å²) in [6.07, 6.45) is 2.53. The maximum atomic E-state index is 12.3. The fraction of sp³-hybridized carbons (Fsp3) is 0.250. The number of carbonyl (C=O) groups excluding carboxylic acids is 1. The average Bonchev–Trinajstić information content (AvgIpc) is 2.87. The zero-order valence-corrected chi connectivity index (χ0v) is 15.0. The van der Waals surface area contributed by atoms with E-state index in [0.29, 0.717) is 5.56 Å². The normalized spacial score (nSPS) is 16.8. The second-order valence-corrected chi connectivity index (χ2v) is 7.20. The molecule has 24 heavy (non-hydrogen) atoms. The number of aromatic nitrogens is 1. The number of hydrogen-bond acceptors (Lipinski definition) is 2. The fourth-order valence-electron chi connectivity index (χ4n) is 3.61. The number of fused-ring (bicyclic) bond motifs is 3. The van der Waals surface area contributed by atoms with Crippen molar-refractivity contribution in [2.24, 2.45) is 7.05 Å². The predicted octanol–water partition coefficient (Wildman–Crippen LogP) is 4.66. The molecule has 1 aliphatic rings. The van der Waals surface area contributed by atoms with Crippen molar-refractivity contribution < 1.29 is 9.53 Å². The van der Waals surface area contributed by atoms with E-state index >= 15 is 0 Å². The first kappa shape index (κ1) is 15.5. The van der Waals surface area contributed by atoms with E-state index in [1.165, 1.54) is 22.2 Å². The molecule has 122 valence electrons. The molecule has 1 atom stereocenters. The molecule has 4 heteroatoms. The van der Waals surface area contributed by atoms with Crippen LogP contribution < -0.4 is 0 Å². The number of ether oxygens (including phenoxy) is 1. The van der Waals surface area contributed by atoms with E-state index < -0.39 is 0 Å². The number of halogens is 1. The first-order chi connectivity index (χ1) is 11.6. The lowest BCUT2D eigenvalue weighted by Crippen LogP contribution is -2.26. The van der Waals surface area contributed by atoms with E-state index in [2.05, 4.69) is 45.7 Å². The van der Waals surface area contributed by atoms with E-state index in [1.807, 2.05) is 18.2 Å². The largest absolute Gasteiger partial charge is 0.458 e. The Hall–Kier alpha value is -2.07. The van der Waals surface area contributed by atoms with Gasteiger partial charge in [0, 0.05) is 34.5 Å². The van der Waals surface area contributed by atoms with Crippen molar-refractivity contribution in [2.45, 2.75) is 25.4 Å². The molecule has 0 saturated heterocycles. The molecule has 0 bridgehead atoms. The van der Waals surface area contributed by atoms with Gasteiger partial charge in [0.2, 0.25) is 0 Å².